The average molecular weight is 355 g/mol. The van der Waals surface area contributed by atoms with E-state index in [2.05, 4.69) is 23.1 Å². The van der Waals surface area contributed by atoms with Crippen molar-refractivity contribution in [2.24, 2.45) is 0 Å². The Hall–Kier alpha value is -2.07. The number of rotatable bonds is 5. The molecule has 2 aromatic rings. The van der Waals surface area contributed by atoms with Crippen LogP contribution in [0.3, 0.4) is 0 Å². The van der Waals surface area contributed by atoms with Gasteiger partial charge >= 0.3 is 0 Å². The molecular formula is C22H26FNO2. The standard InChI is InChI=1S/C22H26FNO2/c23-18-5-7-19(8-6-18)26-20-10-14-24(15-11-20)13-9-17-12-16-25-22-4-2-1-3-21(17)22/h1-8,17,20H,9-16H2. The summed E-state index contributed by atoms with van der Waals surface area (Å²) in [6.45, 7) is 4.09. The van der Waals surface area contributed by atoms with E-state index in [1.807, 2.05) is 6.07 Å². The van der Waals surface area contributed by atoms with E-state index < -0.39 is 0 Å². The topological polar surface area (TPSA) is 21.7 Å². The van der Waals surface area contributed by atoms with Crippen LogP contribution in [0.4, 0.5) is 4.39 Å². The maximum atomic E-state index is 13.0. The molecule has 2 aromatic carbocycles. The minimum Gasteiger partial charge on any atom is -0.493 e. The number of ether oxygens (including phenoxy) is 2. The third-order valence-electron chi connectivity index (χ3n) is 5.53. The van der Waals surface area contributed by atoms with Gasteiger partial charge in [0.1, 0.15) is 23.4 Å². The summed E-state index contributed by atoms with van der Waals surface area (Å²) in [5.74, 6) is 2.22. The molecule has 138 valence electrons. The first-order valence-electron chi connectivity index (χ1n) is 9.64. The maximum Gasteiger partial charge on any atom is 0.123 e. The third kappa shape index (κ3) is 4.18. The Balaban J connectivity index is 1.24. The summed E-state index contributed by atoms with van der Waals surface area (Å²) in [5, 5.41) is 0. The first-order valence-corrected chi connectivity index (χ1v) is 9.64. The van der Waals surface area contributed by atoms with Crippen molar-refractivity contribution in [1.82, 2.24) is 4.90 Å². The molecule has 1 unspecified atom stereocenters. The molecule has 0 radical (unpaired) electrons. The first-order chi connectivity index (χ1) is 12.8. The summed E-state index contributed by atoms with van der Waals surface area (Å²) >= 11 is 0. The van der Waals surface area contributed by atoms with Crippen molar-refractivity contribution in [3.8, 4) is 11.5 Å². The van der Waals surface area contributed by atoms with Gasteiger partial charge in [0.2, 0.25) is 0 Å². The minimum absolute atomic E-state index is 0.221. The molecule has 3 nitrogen and oxygen atoms in total. The Morgan fingerprint density at radius 1 is 1.00 bits per heavy atom. The summed E-state index contributed by atoms with van der Waals surface area (Å²) in [6, 6.07) is 14.8. The largest absolute Gasteiger partial charge is 0.493 e. The molecule has 0 amide bonds. The second-order valence-corrected chi connectivity index (χ2v) is 7.27. The van der Waals surface area contributed by atoms with Crippen molar-refractivity contribution >= 4 is 0 Å². The number of likely N-dealkylation sites (tertiary alicyclic amines) is 1. The zero-order valence-corrected chi connectivity index (χ0v) is 15.1. The van der Waals surface area contributed by atoms with E-state index in [-0.39, 0.29) is 11.9 Å². The average Bonchev–Trinajstić information content (AvgIpc) is 2.69. The molecule has 0 N–H and O–H groups in total. The summed E-state index contributed by atoms with van der Waals surface area (Å²) in [6.07, 6.45) is 4.59. The van der Waals surface area contributed by atoms with Gasteiger partial charge in [-0.2, -0.15) is 0 Å². The van der Waals surface area contributed by atoms with Crippen LogP contribution < -0.4 is 9.47 Å². The number of halogens is 1. The third-order valence-corrected chi connectivity index (χ3v) is 5.53. The molecule has 2 aliphatic rings. The van der Waals surface area contributed by atoms with E-state index in [4.69, 9.17) is 9.47 Å². The van der Waals surface area contributed by atoms with Crippen LogP contribution in [0, 0.1) is 5.82 Å². The summed E-state index contributed by atoms with van der Waals surface area (Å²) in [7, 11) is 0. The van der Waals surface area contributed by atoms with E-state index in [9.17, 15) is 4.39 Å². The number of para-hydroxylation sites is 1. The molecule has 2 aliphatic heterocycles. The number of piperidine rings is 1. The Bertz CT molecular complexity index is 710. The number of hydrogen-bond acceptors (Lipinski definition) is 3. The highest BCUT2D eigenvalue weighted by Crippen LogP contribution is 2.35. The van der Waals surface area contributed by atoms with E-state index in [0.717, 1.165) is 57.0 Å². The van der Waals surface area contributed by atoms with Gasteiger partial charge in [0.25, 0.3) is 0 Å². The van der Waals surface area contributed by atoms with E-state index in [1.54, 1.807) is 12.1 Å². The molecule has 0 bridgehead atoms. The fourth-order valence-electron chi connectivity index (χ4n) is 4.01. The van der Waals surface area contributed by atoms with Crippen molar-refractivity contribution < 1.29 is 13.9 Å². The van der Waals surface area contributed by atoms with Crippen molar-refractivity contribution in [3.63, 3.8) is 0 Å². The van der Waals surface area contributed by atoms with Crippen molar-refractivity contribution in [2.75, 3.05) is 26.2 Å². The van der Waals surface area contributed by atoms with Crippen LogP contribution in [0.1, 0.15) is 37.2 Å². The lowest BCUT2D eigenvalue weighted by atomic mass is 9.90. The normalized spacial score (nSPS) is 21.0. The van der Waals surface area contributed by atoms with Crippen molar-refractivity contribution in [3.05, 3.63) is 59.9 Å². The van der Waals surface area contributed by atoms with Gasteiger partial charge in [-0.1, -0.05) is 18.2 Å². The highest BCUT2D eigenvalue weighted by atomic mass is 19.1. The van der Waals surface area contributed by atoms with Gasteiger partial charge in [-0.05, 0) is 74.0 Å². The zero-order chi connectivity index (χ0) is 17.8. The lowest BCUT2D eigenvalue weighted by molar-refractivity contribution is 0.0976. The monoisotopic (exact) mass is 355 g/mol. The molecular weight excluding hydrogens is 329 g/mol. The Morgan fingerprint density at radius 2 is 1.77 bits per heavy atom. The molecule has 26 heavy (non-hydrogen) atoms. The first kappa shape index (κ1) is 17.3. The summed E-state index contributed by atoms with van der Waals surface area (Å²) in [4.78, 5) is 2.54. The van der Waals surface area contributed by atoms with Gasteiger partial charge in [-0.15, -0.1) is 0 Å². The molecule has 0 aromatic heterocycles. The molecule has 1 atom stereocenters. The number of fused-ring (bicyclic) bond motifs is 1. The highest BCUT2D eigenvalue weighted by Gasteiger charge is 2.24. The highest BCUT2D eigenvalue weighted by molar-refractivity contribution is 5.37. The second kappa shape index (κ2) is 8.09. The molecule has 0 spiro atoms. The fourth-order valence-corrected chi connectivity index (χ4v) is 4.01. The summed E-state index contributed by atoms with van der Waals surface area (Å²) < 4.78 is 24.7. The molecule has 4 heteroatoms. The van der Waals surface area contributed by atoms with Gasteiger partial charge in [-0.3, -0.25) is 0 Å². The Labute approximate surface area is 154 Å². The van der Waals surface area contributed by atoms with E-state index in [0.29, 0.717) is 5.92 Å². The second-order valence-electron chi connectivity index (χ2n) is 7.27. The predicted molar refractivity (Wildman–Crippen MR) is 100 cm³/mol. The van der Waals surface area contributed by atoms with Crippen molar-refractivity contribution in [2.45, 2.75) is 37.7 Å². The number of hydrogen-bond donors (Lipinski definition) is 0. The number of benzene rings is 2. The lowest BCUT2D eigenvalue weighted by Crippen LogP contribution is -2.39. The van der Waals surface area contributed by atoms with E-state index in [1.165, 1.54) is 24.1 Å². The van der Waals surface area contributed by atoms with E-state index >= 15 is 0 Å². The van der Waals surface area contributed by atoms with Crippen molar-refractivity contribution in [1.29, 1.82) is 0 Å². The molecule has 1 fully saturated rings. The quantitative estimate of drug-likeness (QED) is 0.781. The van der Waals surface area contributed by atoms with Crippen LogP contribution in [0.2, 0.25) is 0 Å². The van der Waals surface area contributed by atoms with Crippen LogP contribution in [-0.2, 0) is 0 Å². The van der Waals surface area contributed by atoms with Crippen LogP contribution in [0.5, 0.6) is 11.5 Å². The Kier molecular flexibility index (Phi) is 5.40. The molecule has 0 saturated carbocycles. The van der Waals surface area contributed by atoms with Crippen LogP contribution in [0.25, 0.3) is 0 Å². The Morgan fingerprint density at radius 3 is 2.58 bits per heavy atom. The SMILES string of the molecule is Fc1ccc(OC2CCN(CCC3CCOc4ccccc43)CC2)cc1. The predicted octanol–water partition coefficient (Wildman–Crippen LogP) is 4.63. The zero-order valence-electron chi connectivity index (χ0n) is 15.1. The van der Waals surface area contributed by atoms with Gasteiger partial charge < -0.3 is 14.4 Å². The van der Waals surface area contributed by atoms with Crippen LogP contribution in [-0.4, -0.2) is 37.2 Å². The van der Waals surface area contributed by atoms with Crippen LogP contribution in [0.15, 0.2) is 48.5 Å². The smallest absolute Gasteiger partial charge is 0.123 e. The molecule has 4 rings (SSSR count). The summed E-state index contributed by atoms with van der Waals surface area (Å²) in [5.41, 5.74) is 1.37. The molecule has 1 saturated heterocycles. The van der Waals surface area contributed by atoms with Gasteiger partial charge in [0, 0.05) is 13.1 Å². The fraction of sp³-hybridized carbons (Fsp3) is 0.455. The van der Waals surface area contributed by atoms with Gasteiger partial charge in [0.15, 0.2) is 0 Å². The van der Waals surface area contributed by atoms with Crippen LogP contribution >= 0.6 is 0 Å². The maximum absolute atomic E-state index is 13.0. The van der Waals surface area contributed by atoms with Gasteiger partial charge in [0.05, 0.1) is 6.61 Å². The lowest BCUT2D eigenvalue weighted by Gasteiger charge is -2.34. The van der Waals surface area contributed by atoms with Gasteiger partial charge in [-0.25, -0.2) is 4.39 Å². The molecule has 2 heterocycles. The minimum atomic E-state index is -0.221. The number of nitrogens with zero attached hydrogens (tertiary/aromatic N) is 1. The molecule has 0 aliphatic carbocycles.